The molecular weight excluding hydrogens is 283 g/mol. The number of carbonyl (C=O) groups is 2. The fraction of sp³-hybridized carbons (Fsp3) is 0.385. The lowest BCUT2D eigenvalue weighted by atomic mass is 10.2. The van der Waals surface area contributed by atoms with Crippen molar-refractivity contribution < 1.29 is 28.6 Å². The summed E-state index contributed by atoms with van der Waals surface area (Å²) in [6.45, 7) is 0.367. The highest BCUT2D eigenvalue weighted by Crippen LogP contribution is 2.29. The van der Waals surface area contributed by atoms with Gasteiger partial charge < -0.3 is 14.6 Å². The molecule has 0 spiro atoms. The standard InChI is InChI=1S/C13H13FN2O5/c14-10-5-8(16-6-9(7-17)21-13(16)19)1-2-11(10)15-3-4-20-12(15)18/h1-2,5,9,17H,3-4,6-7H2/t9-/m1/s1. The van der Waals surface area contributed by atoms with E-state index in [2.05, 4.69) is 0 Å². The summed E-state index contributed by atoms with van der Waals surface area (Å²) in [5.74, 6) is -0.633. The number of aliphatic hydroxyl groups excluding tert-OH is 1. The molecule has 2 heterocycles. The fourth-order valence-electron chi connectivity index (χ4n) is 2.32. The van der Waals surface area contributed by atoms with E-state index in [0.29, 0.717) is 5.69 Å². The lowest BCUT2D eigenvalue weighted by molar-refractivity contribution is 0.0963. The predicted octanol–water partition coefficient (Wildman–Crippen LogP) is 1.10. The molecule has 7 nitrogen and oxygen atoms in total. The number of halogens is 1. The molecule has 8 heteroatoms. The number of anilines is 2. The highest BCUT2D eigenvalue weighted by molar-refractivity contribution is 5.92. The van der Waals surface area contributed by atoms with Gasteiger partial charge in [0, 0.05) is 0 Å². The Balaban J connectivity index is 1.84. The van der Waals surface area contributed by atoms with Gasteiger partial charge in [-0.15, -0.1) is 0 Å². The van der Waals surface area contributed by atoms with Crippen molar-refractivity contribution in [3.63, 3.8) is 0 Å². The number of hydrogen-bond donors (Lipinski definition) is 1. The smallest absolute Gasteiger partial charge is 0.414 e. The van der Waals surface area contributed by atoms with Crippen LogP contribution in [-0.4, -0.2) is 49.7 Å². The number of aliphatic hydroxyl groups is 1. The van der Waals surface area contributed by atoms with Gasteiger partial charge in [0.2, 0.25) is 0 Å². The average molecular weight is 296 g/mol. The summed E-state index contributed by atoms with van der Waals surface area (Å²) < 4.78 is 23.8. The Hall–Kier alpha value is -2.35. The zero-order valence-corrected chi connectivity index (χ0v) is 11.0. The van der Waals surface area contributed by atoms with Gasteiger partial charge in [-0.05, 0) is 18.2 Å². The van der Waals surface area contributed by atoms with Crippen LogP contribution in [0.1, 0.15) is 0 Å². The van der Waals surface area contributed by atoms with Crippen molar-refractivity contribution in [2.75, 3.05) is 36.1 Å². The minimum absolute atomic E-state index is 0.104. The SMILES string of the molecule is O=C1O[C@@H](CO)CN1c1ccc(N2CCOC2=O)c(F)c1. The zero-order valence-electron chi connectivity index (χ0n) is 11.0. The lowest BCUT2D eigenvalue weighted by Crippen LogP contribution is -2.27. The van der Waals surface area contributed by atoms with E-state index in [-0.39, 0.29) is 32.0 Å². The van der Waals surface area contributed by atoms with E-state index in [4.69, 9.17) is 14.6 Å². The van der Waals surface area contributed by atoms with Crippen molar-refractivity contribution in [3.05, 3.63) is 24.0 Å². The summed E-state index contributed by atoms with van der Waals surface area (Å²) in [6, 6.07) is 4.09. The molecule has 3 rings (SSSR count). The Morgan fingerprint density at radius 3 is 2.67 bits per heavy atom. The van der Waals surface area contributed by atoms with Crippen molar-refractivity contribution in [1.82, 2.24) is 0 Å². The van der Waals surface area contributed by atoms with Crippen LogP contribution in [0.5, 0.6) is 0 Å². The van der Waals surface area contributed by atoms with Gasteiger partial charge in [0.1, 0.15) is 18.5 Å². The van der Waals surface area contributed by atoms with Crippen molar-refractivity contribution in [3.8, 4) is 0 Å². The molecule has 21 heavy (non-hydrogen) atoms. The molecular formula is C13H13FN2O5. The summed E-state index contributed by atoms with van der Waals surface area (Å²) in [6.07, 6.45) is -1.85. The summed E-state index contributed by atoms with van der Waals surface area (Å²) in [7, 11) is 0. The second-order valence-electron chi connectivity index (χ2n) is 4.70. The molecule has 2 aliphatic rings. The van der Waals surface area contributed by atoms with Gasteiger partial charge in [0.15, 0.2) is 0 Å². The minimum Gasteiger partial charge on any atom is -0.447 e. The van der Waals surface area contributed by atoms with Crippen LogP contribution in [0.15, 0.2) is 18.2 Å². The van der Waals surface area contributed by atoms with Crippen LogP contribution in [0, 0.1) is 5.82 Å². The molecule has 0 radical (unpaired) electrons. The van der Waals surface area contributed by atoms with Gasteiger partial charge in [-0.25, -0.2) is 14.0 Å². The normalized spacial score (nSPS) is 21.7. The second kappa shape index (κ2) is 5.21. The van der Waals surface area contributed by atoms with Crippen molar-refractivity contribution in [1.29, 1.82) is 0 Å². The molecule has 0 bridgehead atoms. The molecule has 0 aliphatic carbocycles. The van der Waals surface area contributed by atoms with Gasteiger partial charge in [-0.2, -0.15) is 0 Å². The average Bonchev–Trinajstić information content (AvgIpc) is 3.05. The molecule has 1 aromatic carbocycles. The molecule has 1 aromatic rings. The van der Waals surface area contributed by atoms with Gasteiger partial charge in [0.05, 0.1) is 31.1 Å². The van der Waals surface area contributed by atoms with Crippen LogP contribution in [0.3, 0.4) is 0 Å². The quantitative estimate of drug-likeness (QED) is 0.903. The highest BCUT2D eigenvalue weighted by Gasteiger charge is 2.33. The van der Waals surface area contributed by atoms with E-state index < -0.39 is 24.1 Å². The zero-order chi connectivity index (χ0) is 15.0. The molecule has 0 unspecified atom stereocenters. The van der Waals surface area contributed by atoms with Gasteiger partial charge in [-0.1, -0.05) is 0 Å². The monoisotopic (exact) mass is 296 g/mol. The molecule has 1 N–H and O–H groups in total. The van der Waals surface area contributed by atoms with Crippen molar-refractivity contribution in [2.45, 2.75) is 6.10 Å². The Labute approximate surface area is 119 Å². The van der Waals surface area contributed by atoms with Crippen molar-refractivity contribution >= 4 is 23.6 Å². The fourth-order valence-corrected chi connectivity index (χ4v) is 2.32. The Kier molecular flexibility index (Phi) is 3.38. The third-order valence-electron chi connectivity index (χ3n) is 3.37. The molecule has 2 aliphatic heterocycles. The first kappa shape index (κ1) is 13.6. The van der Waals surface area contributed by atoms with E-state index in [0.717, 1.165) is 6.07 Å². The number of rotatable bonds is 3. The van der Waals surface area contributed by atoms with Crippen LogP contribution in [0.2, 0.25) is 0 Å². The number of nitrogens with zero attached hydrogens (tertiary/aromatic N) is 2. The van der Waals surface area contributed by atoms with Crippen LogP contribution in [0.25, 0.3) is 0 Å². The van der Waals surface area contributed by atoms with Crippen LogP contribution in [0.4, 0.5) is 25.4 Å². The van der Waals surface area contributed by atoms with E-state index in [9.17, 15) is 14.0 Å². The number of ether oxygens (including phenoxy) is 2. The number of cyclic esters (lactones) is 2. The minimum atomic E-state index is -0.637. The molecule has 112 valence electrons. The van der Waals surface area contributed by atoms with Crippen LogP contribution in [-0.2, 0) is 9.47 Å². The van der Waals surface area contributed by atoms with E-state index in [1.165, 1.54) is 21.9 Å². The molecule has 2 saturated heterocycles. The maximum atomic E-state index is 14.2. The topological polar surface area (TPSA) is 79.3 Å². The van der Waals surface area contributed by atoms with Crippen LogP contribution < -0.4 is 9.80 Å². The maximum Gasteiger partial charge on any atom is 0.414 e. The first-order chi connectivity index (χ1) is 10.1. The first-order valence-corrected chi connectivity index (χ1v) is 6.43. The predicted molar refractivity (Wildman–Crippen MR) is 69.8 cm³/mol. The molecule has 2 amide bonds. The number of carbonyl (C=O) groups excluding carboxylic acids is 2. The van der Waals surface area contributed by atoms with E-state index in [1.54, 1.807) is 0 Å². The van der Waals surface area contributed by atoms with Crippen LogP contribution >= 0.6 is 0 Å². The third kappa shape index (κ3) is 2.38. The second-order valence-corrected chi connectivity index (χ2v) is 4.70. The van der Waals surface area contributed by atoms with Gasteiger partial charge in [-0.3, -0.25) is 9.80 Å². The van der Waals surface area contributed by atoms with E-state index >= 15 is 0 Å². The Morgan fingerprint density at radius 1 is 1.29 bits per heavy atom. The number of benzene rings is 1. The Bertz CT molecular complexity index is 594. The van der Waals surface area contributed by atoms with Gasteiger partial charge >= 0.3 is 12.2 Å². The number of hydrogen-bond acceptors (Lipinski definition) is 5. The largest absolute Gasteiger partial charge is 0.447 e. The van der Waals surface area contributed by atoms with E-state index in [1.807, 2.05) is 0 Å². The Morgan fingerprint density at radius 2 is 2.10 bits per heavy atom. The number of amides is 2. The van der Waals surface area contributed by atoms with Gasteiger partial charge in [0.25, 0.3) is 0 Å². The molecule has 0 saturated carbocycles. The summed E-state index contributed by atoms with van der Waals surface area (Å²) >= 11 is 0. The maximum absolute atomic E-state index is 14.2. The lowest BCUT2D eigenvalue weighted by Gasteiger charge is -2.17. The molecule has 2 fully saturated rings. The highest BCUT2D eigenvalue weighted by atomic mass is 19.1. The summed E-state index contributed by atoms with van der Waals surface area (Å²) in [5.41, 5.74) is 0.414. The third-order valence-corrected chi connectivity index (χ3v) is 3.37. The summed E-state index contributed by atoms with van der Waals surface area (Å²) in [4.78, 5) is 25.5. The molecule has 0 aromatic heterocycles. The van der Waals surface area contributed by atoms with Crippen molar-refractivity contribution in [2.24, 2.45) is 0 Å². The molecule has 1 atom stereocenters. The first-order valence-electron chi connectivity index (χ1n) is 6.43. The summed E-state index contributed by atoms with van der Waals surface area (Å²) in [5, 5.41) is 8.98.